The summed E-state index contributed by atoms with van der Waals surface area (Å²) in [5.41, 5.74) is 4.63. The molecular formula is C17H24BNO2. The number of aryl methyl sites for hydroxylation is 1. The summed E-state index contributed by atoms with van der Waals surface area (Å²) in [6.07, 6.45) is 6.18. The van der Waals surface area contributed by atoms with Crippen LogP contribution in [0.3, 0.4) is 0 Å². The summed E-state index contributed by atoms with van der Waals surface area (Å²) in [6, 6.07) is 2.11. The molecule has 112 valence electrons. The summed E-state index contributed by atoms with van der Waals surface area (Å²) in [5.74, 6) is 0.947. The van der Waals surface area contributed by atoms with E-state index in [1.165, 1.54) is 11.1 Å². The fraction of sp³-hybridized carbons (Fsp3) is 0.471. The van der Waals surface area contributed by atoms with Crippen molar-refractivity contribution < 1.29 is 9.90 Å². The number of phenolic OH excluding ortho intramolecular Hbond substituents is 1. The first kappa shape index (κ1) is 15.7. The van der Waals surface area contributed by atoms with Crippen LogP contribution in [0.5, 0.6) is 5.75 Å². The molecule has 1 amide bonds. The molecule has 0 aromatic heterocycles. The zero-order valence-electron chi connectivity index (χ0n) is 13.0. The lowest BCUT2D eigenvalue weighted by Crippen LogP contribution is -2.24. The third-order valence-electron chi connectivity index (χ3n) is 4.38. The van der Waals surface area contributed by atoms with Gasteiger partial charge in [0.15, 0.2) is 0 Å². The van der Waals surface area contributed by atoms with E-state index in [0.717, 1.165) is 30.3 Å². The molecule has 21 heavy (non-hydrogen) atoms. The summed E-state index contributed by atoms with van der Waals surface area (Å²) in [4.78, 5) is 11.3. The Labute approximate surface area is 127 Å². The molecule has 1 aliphatic carbocycles. The number of fused-ring (bicyclic) bond motifs is 1. The molecule has 0 saturated carbocycles. The minimum atomic E-state index is 0.103. The second kappa shape index (κ2) is 6.84. The quantitative estimate of drug-likeness (QED) is 0.612. The number of nitrogens with one attached hydrogen (secondary N) is 1. The van der Waals surface area contributed by atoms with E-state index in [-0.39, 0.29) is 5.91 Å². The lowest BCUT2D eigenvalue weighted by Gasteiger charge is -2.18. The van der Waals surface area contributed by atoms with Gasteiger partial charge in [-0.3, -0.25) is 4.79 Å². The number of hydrogen-bond donors (Lipinski definition) is 2. The number of carbonyl (C=O) groups excluding carboxylic acids is 1. The molecule has 0 bridgehead atoms. The summed E-state index contributed by atoms with van der Waals surface area (Å²) >= 11 is 0. The highest BCUT2D eigenvalue weighted by Crippen LogP contribution is 2.40. The molecule has 1 aromatic carbocycles. The van der Waals surface area contributed by atoms with E-state index in [0.29, 0.717) is 31.1 Å². The maximum absolute atomic E-state index is 11.3. The fourth-order valence-corrected chi connectivity index (χ4v) is 3.31. The Morgan fingerprint density at radius 2 is 2.38 bits per heavy atom. The van der Waals surface area contributed by atoms with Crippen molar-refractivity contribution in [3.63, 3.8) is 0 Å². The van der Waals surface area contributed by atoms with Crippen LogP contribution in [0.1, 0.15) is 48.8 Å². The van der Waals surface area contributed by atoms with Crippen LogP contribution in [-0.4, -0.2) is 25.4 Å². The van der Waals surface area contributed by atoms with Crippen molar-refractivity contribution in [2.24, 2.45) is 0 Å². The monoisotopic (exact) mass is 285 g/mol. The van der Waals surface area contributed by atoms with E-state index < -0.39 is 0 Å². The molecule has 0 spiro atoms. The Bertz CT molecular complexity index is 554. The van der Waals surface area contributed by atoms with Crippen LogP contribution in [0, 0.1) is 0 Å². The highest BCUT2D eigenvalue weighted by molar-refractivity contribution is 6.34. The van der Waals surface area contributed by atoms with Crippen LogP contribution in [0.2, 0.25) is 0 Å². The Kier molecular flexibility index (Phi) is 5.10. The number of amides is 1. The van der Waals surface area contributed by atoms with Crippen molar-refractivity contribution in [1.29, 1.82) is 0 Å². The van der Waals surface area contributed by atoms with Crippen LogP contribution in [-0.2, 0) is 17.6 Å². The van der Waals surface area contributed by atoms with Crippen LogP contribution >= 0.6 is 0 Å². The molecule has 2 N–H and O–H groups in total. The minimum Gasteiger partial charge on any atom is -0.508 e. The molecular weight excluding hydrogens is 261 g/mol. The number of allylic oxidation sites excluding steroid dienone is 1. The first-order chi connectivity index (χ1) is 10.1. The summed E-state index contributed by atoms with van der Waals surface area (Å²) in [6.45, 7) is 6.38. The van der Waals surface area contributed by atoms with Gasteiger partial charge in [-0.2, -0.15) is 0 Å². The van der Waals surface area contributed by atoms with Crippen molar-refractivity contribution >= 4 is 19.2 Å². The number of carbonyl (C=O) groups is 1. The Morgan fingerprint density at radius 1 is 1.62 bits per heavy atom. The van der Waals surface area contributed by atoms with Gasteiger partial charge in [0.2, 0.25) is 5.91 Å². The van der Waals surface area contributed by atoms with Crippen molar-refractivity contribution in [3.05, 3.63) is 35.4 Å². The molecule has 0 radical (unpaired) electrons. The predicted molar refractivity (Wildman–Crippen MR) is 89.2 cm³/mol. The average Bonchev–Trinajstić information content (AvgIpc) is 2.86. The van der Waals surface area contributed by atoms with Gasteiger partial charge in [-0.15, -0.1) is 6.58 Å². The van der Waals surface area contributed by atoms with Gasteiger partial charge in [0.25, 0.3) is 0 Å². The lowest BCUT2D eigenvalue weighted by atomic mass is 9.84. The van der Waals surface area contributed by atoms with Crippen molar-refractivity contribution in [2.75, 3.05) is 6.54 Å². The number of benzene rings is 1. The Balaban J connectivity index is 2.19. The van der Waals surface area contributed by atoms with Gasteiger partial charge in [0, 0.05) is 18.5 Å². The van der Waals surface area contributed by atoms with Gasteiger partial charge in [-0.05, 0) is 48.2 Å². The molecule has 1 atom stereocenters. The van der Waals surface area contributed by atoms with Gasteiger partial charge in [-0.1, -0.05) is 19.1 Å². The number of hydrogen-bond acceptors (Lipinski definition) is 2. The third-order valence-corrected chi connectivity index (χ3v) is 4.38. The maximum Gasteiger partial charge on any atom is 0.219 e. The van der Waals surface area contributed by atoms with Gasteiger partial charge < -0.3 is 10.4 Å². The number of aromatic hydroxyl groups is 1. The van der Waals surface area contributed by atoms with Crippen LogP contribution in [0.4, 0.5) is 0 Å². The van der Waals surface area contributed by atoms with Crippen LogP contribution in [0.15, 0.2) is 18.7 Å². The largest absolute Gasteiger partial charge is 0.508 e. The van der Waals surface area contributed by atoms with E-state index in [1.54, 1.807) is 0 Å². The molecule has 0 aliphatic heterocycles. The standard InChI is InChI=1S/C17H24BNO2/c1-3-5-13-16-11(8-9-19-15(20)4-2)6-7-12(16)10-14(18)17(13)21/h3,10-11,21H,1,4-9,18H2,2H3,(H,19,20)/t11-/m0/s1. The van der Waals surface area contributed by atoms with Crippen molar-refractivity contribution in [3.8, 4) is 5.75 Å². The topological polar surface area (TPSA) is 49.3 Å². The fourth-order valence-electron chi connectivity index (χ4n) is 3.31. The summed E-state index contributed by atoms with van der Waals surface area (Å²) in [7, 11) is 1.96. The molecule has 3 nitrogen and oxygen atoms in total. The second-order valence-electron chi connectivity index (χ2n) is 5.81. The average molecular weight is 285 g/mol. The first-order valence-corrected chi connectivity index (χ1v) is 7.80. The normalized spacial score (nSPS) is 16.5. The van der Waals surface area contributed by atoms with Gasteiger partial charge in [0.05, 0.1) is 0 Å². The SMILES string of the molecule is Bc1cc2c(c(CC=C)c1O)[C@H](CCNC(=O)CC)CC2. The molecule has 1 aliphatic rings. The maximum atomic E-state index is 11.3. The molecule has 0 heterocycles. The summed E-state index contributed by atoms with van der Waals surface area (Å²) in [5, 5.41) is 13.3. The molecule has 1 aromatic rings. The van der Waals surface area contributed by atoms with E-state index in [2.05, 4.69) is 18.0 Å². The molecule has 4 heteroatoms. The van der Waals surface area contributed by atoms with Crippen molar-refractivity contribution in [2.45, 2.75) is 44.9 Å². The third kappa shape index (κ3) is 3.31. The summed E-state index contributed by atoms with van der Waals surface area (Å²) < 4.78 is 0. The van der Waals surface area contributed by atoms with Gasteiger partial charge in [0.1, 0.15) is 13.6 Å². The molecule has 2 rings (SSSR count). The Morgan fingerprint density at radius 3 is 3.05 bits per heavy atom. The number of rotatable bonds is 6. The Hall–Kier alpha value is -1.71. The van der Waals surface area contributed by atoms with E-state index in [9.17, 15) is 9.90 Å². The van der Waals surface area contributed by atoms with Crippen LogP contribution < -0.4 is 10.8 Å². The zero-order valence-corrected chi connectivity index (χ0v) is 13.0. The minimum absolute atomic E-state index is 0.103. The number of phenols is 1. The van der Waals surface area contributed by atoms with E-state index >= 15 is 0 Å². The molecule has 0 unspecified atom stereocenters. The van der Waals surface area contributed by atoms with E-state index in [4.69, 9.17) is 0 Å². The highest BCUT2D eigenvalue weighted by Gasteiger charge is 2.27. The molecule has 0 fully saturated rings. The zero-order chi connectivity index (χ0) is 15.4. The van der Waals surface area contributed by atoms with E-state index in [1.807, 2.05) is 20.8 Å². The lowest BCUT2D eigenvalue weighted by molar-refractivity contribution is -0.120. The highest BCUT2D eigenvalue weighted by atomic mass is 16.3. The van der Waals surface area contributed by atoms with Crippen LogP contribution in [0.25, 0.3) is 0 Å². The van der Waals surface area contributed by atoms with Gasteiger partial charge in [-0.25, -0.2) is 0 Å². The van der Waals surface area contributed by atoms with Gasteiger partial charge >= 0.3 is 0 Å². The smallest absolute Gasteiger partial charge is 0.219 e. The predicted octanol–water partition coefficient (Wildman–Crippen LogP) is 1.33. The molecule has 0 saturated heterocycles. The van der Waals surface area contributed by atoms with Crippen molar-refractivity contribution in [1.82, 2.24) is 5.32 Å². The first-order valence-electron chi connectivity index (χ1n) is 7.80. The second-order valence-corrected chi connectivity index (χ2v) is 5.81.